The van der Waals surface area contributed by atoms with Gasteiger partial charge in [0.25, 0.3) is 5.09 Å². The minimum Gasteiger partial charge on any atom is -0.426 e. The Kier molecular flexibility index (Phi) is 5.68. The molecule has 1 saturated carbocycles. The fourth-order valence-electron chi connectivity index (χ4n) is 3.43. The minimum absolute atomic E-state index is 0.0332. The monoisotopic (exact) mass is 457 g/mol. The Labute approximate surface area is 186 Å². The van der Waals surface area contributed by atoms with E-state index in [2.05, 4.69) is 4.84 Å². The molecule has 0 unspecified atom stereocenters. The number of ether oxygens (including phenoxy) is 1. The number of halogens is 1. The van der Waals surface area contributed by atoms with E-state index in [9.17, 15) is 24.1 Å². The molecule has 3 aromatic rings. The van der Waals surface area contributed by atoms with Crippen molar-refractivity contribution in [3.63, 3.8) is 0 Å². The number of nitrogens with zero attached hydrogens (tertiary/aromatic N) is 1. The predicted octanol–water partition coefficient (Wildman–Crippen LogP) is 5.44. The number of hydrogen-bond acceptors (Lipinski definition) is 7. The van der Waals surface area contributed by atoms with Gasteiger partial charge in [0.05, 0.1) is 5.41 Å². The quantitative estimate of drug-likeness (QED) is 0.147. The van der Waals surface area contributed by atoms with Crippen LogP contribution >= 0.6 is 11.3 Å². The van der Waals surface area contributed by atoms with Gasteiger partial charge in [-0.25, -0.2) is 4.39 Å². The van der Waals surface area contributed by atoms with Crippen LogP contribution in [-0.2, 0) is 9.63 Å². The SMILES string of the molecule is CC(C)C(=O)c1c(-c2ccc(F)cc2)sc2cc(OC(=O)C3(CO[N+](=O)[O-])CC3)ccc12. The van der Waals surface area contributed by atoms with Crippen molar-refractivity contribution in [2.24, 2.45) is 11.3 Å². The summed E-state index contributed by atoms with van der Waals surface area (Å²) in [7, 11) is 0. The van der Waals surface area contributed by atoms with Gasteiger partial charge in [0, 0.05) is 26.4 Å². The zero-order chi connectivity index (χ0) is 23.0. The second kappa shape index (κ2) is 8.31. The van der Waals surface area contributed by atoms with Crippen molar-refractivity contribution in [2.45, 2.75) is 26.7 Å². The number of thiophene rings is 1. The molecule has 0 spiro atoms. The van der Waals surface area contributed by atoms with Crippen LogP contribution < -0.4 is 4.74 Å². The van der Waals surface area contributed by atoms with Crippen LogP contribution in [0.5, 0.6) is 5.75 Å². The number of hydrogen-bond donors (Lipinski definition) is 0. The third kappa shape index (κ3) is 4.20. The summed E-state index contributed by atoms with van der Waals surface area (Å²) >= 11 is 1.36. The van der Waals surface area contributed by atoms with E-state index in [1.54, 1.807) is 30.3 Å². The van der Waals surface area contributed by atoms with Crippen LogP contribution in [0.1, 0.15) is 37.0 Å². The molecular weight excluding hydrogens is 437 g/mol. The molecule has 4 rings (SSSR count). The number of Topliss-reactive ketones (excluding diaryl/α,β-unsaturated/α-hetero) is 1. The molecule has 0 bridgehead atoms. The van der Waals surface area contributed by atoms with Crippen molar-refractivity contribution in [1.29, 1.82) is 0 Å². The van der Waals surface area contributed by atoms with E-state index in [1.165, 1.54) is 23.5 Å². The molecule has 0 radical (unpaired) electrons. The average Bonchev–Trinajstić information content (AvgIpc) is 3.46. The minimum atomic E-state index is -0.991. The van der Waals surface area contributed by atoms with Gasteiger partial charge in [-0.1, -0.05) is 26.0 Å². The molecule has 1 aliphatic carbocycles. The second-order valence-corrected chi connectivity index (χ2v) is 9.21. The third-order valence-corrected chi connectivity index (χ3v) is 6.68. The molecule has 7 nitrogen and oxygen atoms in total. The Bertz CT molecular complexity index is 1210. The zero-order valence-corrected chi connectivity index (χ0v) is 18.2. The van der Waals surface area contributed by atoms with Crippen molar-refractivity contribution < 1.29 is 28.6 Å². The average molecular weight is 457 g/mol. The first-order chi connectivity index (χ1) is 15.2. The number of fused-ring (bicyclic) bond motifs is 1. The maximum absolute atomic E-state index is 13.4. The maximum Gasteiger partial charge on any atom is 0.319 e. The first-order valence-corrected chi connectivity index (χ1v) is 10.9. The smallest absolute Gasteiger partial charge is 0.319 e. The number of benzene rings is 2. The van der Waals surface area contributed by atoms with E-state index in [0.717, 1.165) is 20.5 Å². The molecule has 1 heterocycles. The van der Waals surface area contributed by atoms with Crippen molar-refractivity contribution in [1.82, 2.24) is 0 Å². The highest BCUT2D eigenvalue weighted by atomic mass is 32.1. The van der Waals surface area contributed by atoms with Crippen LogP contribution in [-0.4, -0.2) is 23.4 Å². The number of carbonyl (C=O) groups is 2. The molecule has 0 amide bonds. The zero-order valence-electron chi connectivity index (χ0n) is 17.4. The highest BCUT2D eigenvalue weighted by Crippen LogP contribution is 2.47. The predicted molar refractivity (Wildman–Crippen MR) is 117 cm³/mol. The number of carbonyl (C=O) groups excluding carboxylic acids is 2. The summed E-state index contributed by atoms with van der Waals surface area (Å²) in [5.74, 6) is -0.927. The van der Waals surface area contributed by atoms with E-state index in [4.69, 9.17) is 4.74 Å². The number of rotatable bonds is 8. The van der Waals surface area contributed by atoms with Gasteiger partial charge in [-0.15, -0.1) is 21.5 Å². The normalized spacial score (nSPS) is 14.4. The summed E-state index contributed by atoms with van der Waals surface area (Å²) in [5.41, 5.74) is 0.293. The first kappa shape index (κ1) is 21.9. The van der Waals surface area contributed by atoms with E-state index in [0.29, 0.717) is 18.4 Å². The van der Waals surface area contributed by atoms with Gasteiger partial charge in [0.15, 0.2) is 5.78 Å². The van der Waals surface area contributed by atoms with Crippen molar-refractivity contribution in [2.75, 3.05) is 6.61 Å². The van der Waals surface area contributed by atoms with Crippen LogP contribution in [0.4, 0.5) is 4.39 Å². The fourth-order valence-corrected chi connectivity index (χ4v) is 4.67. The van der Waals surface area contributed by atoms with Gasteiger partial charge in [0.1, 0.15) is 18.2 Å². The Balaban J connectivity index is 1.68. The number of esters is 1. The molecule has 2 aromatic carbocycles. The molecule has 1 aromatic heterocycles. The van der Waals surface area contributed by atoms with Crippen LogP contribution in [0.2, 0.25) is 0 Å². The Morgan fingerprint density at radius 2 is 1.88 bits per heavy atom. The van der Waals surface area contributed by atoms with E-state index in [-0.39, 0.29) is 29.9 Å². The summed E-state index contributed by atoms with van der Waals surface area (Å²) in [4.78, 5) is 41.1. The first-order valence-electron chi connectivity index (χ1n) is 10.1. The lowest BCUT2D eigenvalue weighted by Crippen LogP contribution is -2.27. The molecule has 32 heavy (non-hydrogen) atoms. The standard InChI is InChI=1S/C23H20FNO6S/c1-13(2)20(26)19-17-8-7-16(31-22(27)23(9-10-23)12-30-25(28)29)11-18(17)32-21(19)14-3-5-15(24)6-4-14/h3-8,11,13H,9-10,12H2,1-2H3. The molecule has 166 valence electrons. The van der Waals surface area contributed by atoms with Gasteiger partial charge >= 0.3 is 5.97 Å². The molecule has 0 saturated heterocycles. The Morgan fingerprint density at radius 3 is 2.47 bits per heavy atom. The molecule has 1 fully saturated rings. The van der Waals surface area contributed by atoms with Crippen LogP contribution in [0, 0.1) is 27.3 Å². The lowest BCUT2D eigenvalue weighted by Gasteiger charge is -2.13. The van der Waals surface area contributed by atoms with E-state index in [1.807, 2.05) is 13.8 Å². The van der Waals surface area contributed by atoms with Crippen LogP contribution in [0.15, 0.2) is 42.5 Å². The van der Waals surface area contributed by atoms with Gasteiger partial charge < -0.3 is 9.57 Å². The van der Waals surface area contributed by atoms with Crippen molar-refractivity contribution in [3.8, 4) is 16.2 Å². The summed E-state index contributed by atoms with van der Waals surface area (Å²) in [6.45, 7) is 3.30. The molecule has 1 aliphatic rings. The highest BCUT2D eigenvalue weighted by Gasteiger charge is 2.52. The maximum atomic E-state index is 13.4. The molecule has 0 atom stereocenters. The van der Waals surface area contributed by atoms with Gasteiger partial charge in [-0.3, -0.25) is 9.59 Å². The summed E-state index contributed by atoms with van der Waals surface area (Å²) in [5, 5.41) is 10.3. The van der Waals surface area contributed by atoms with Crippen LogP contribution in [0.3, 0.4) is 0 Å². The van der Waals surface area contributed by atoms with Crippen molar-refractivity contribution in [3.05, 3.63) is 64.0 Å². The Hall–Kier alpha value is -3.33. The topological polar surface area (TPSA) is 95.7 Å². The molecule has 9 heteroatoms. The summed E-state index contributed by atoms with van der Waals surface area (Å²) in [6, 6.07) is 10.9. The lowest BCUT2D eigenvalue weighted by molar-refractivity contribution is -0.759. The van der Waals surface area contributed by atoms with Gasteiger partial charge in [-0.2, -0.15) is 0 Å². The third-order valence-electron chi connectivity index (χ3n) is 5.48. The Morgan fingerprint density at radius 1 is 1.19 bits per heavy atom. The van der Waals surface area contributed by atoms with E-state index >= 15 is 0 Å². The second-order valence-electron chi connectivity index (χ2n) is 8.16. The fraction of sp³-hybridized carbons (Fsp3) is 0.304. The largest absolute Gasteiger partial charge is 0.426 e. The van der Waals surface area contributed by atoms with Crippen molar-refractivity contribution >= 4 is 33.2 Å². The van der Waals surface area contributed by atoms with Gasteiger partial charge in [0.2, 0.25) is 0 Å². The highest BCUT2D eigenvalue weighted by molar-refractivity contribution is 7.22. The lowest BCUT2D eigenvalue weighted by atomic mass is 9.96. The van der Waals surface area contributed by atoms with Gasteiger partial charge in [-0.05, 0) is 48.7 Å². The van der Waals surface area contributed by atoms with E-state index < -0.39 is 16.5 Å². The summed E-state index contributed by atoms with van der Waals surface area (Å²) < 4.78 is 19.6. The molecule has 0 aliphatic heterocycles. The number of ketones is 1. The van der Waals surface area contributed by atoms with Crippen LogP contribution in [0.25, 0.3) is 20.5 Å². The summed E-state index contributed by atoms with van der Waals surface area (Å²) in [6.07, 6.45) is 0.922. The molecule has 0 N–H and O–H groups in total. The molecular formula is C23H20FNO6S.